The second kappa shape index (κ2) is 4.78. The summed E-state index contributed by atoms with van der Waals surface area (Å²) in [6, 6.07) is 5.42. The Kier molecular flexibility index (Phi) is 3.34. The van der Waals surface area contributed by atoms with E-state index in [4.69, 9.17) is 16.7 Å². The quantitative estimate of drug-likeness (QED) is 0.931. The van der Waals surface area contributed by atoms with Crippen LogP contribution in [-0.4, -0.2) is 20.9 Å². The predicted octanol–water partition coefficient (Wildman–Crippen LogP) is 2.93. The van der Waals surface area contributed by atoms with E-state index < -0.39 is 11.8 Å². The summed E-state index contributed by atoms with van der Waals surface area (Å²) in [5, 5.41) is 13.1. The number of carboxylic acid groups (broad SMARTS) is 1. The van der Waals surface area contributed by atoms with Crippen molar-refractivity contribution in [3.8, 4) is 5.69 Å². The summed E-state index contributed by atoms with van der Waals surface area (Å²) >= 11 is 5.77. The highest BCUT2D eigenvalue weighted by Gasteiger charge is 2.14. The average molecular weight is 269 g/mol. The van der Waals surface area contributed by atoms with Crippen molar-refractivity contribution in [3.63, 3.8) is 0 Å². The molecule has 1 aromatic heterocycles. The maximum absolute atomic E-state index is 13.3. The molecule has 0 radical (unpaired) electrons. The van der Waals surface area contributed by atoms with Crippen molar-refractivity contribution >= 4 is 17.6 Å². The molecular weight excluding hydrogens is 259 g/mol. The number of nitrogens with zero attached hydrogens (tertiary/aromatic N) is 2. The Balaban J connectivity index is 2.58. The highest BCUT2D eigenvalue weighted by Crippen LogP contribution is 2.19. The third-order valence-electron chi connectivity index (χ3n) is 2.46. The van der Waals surface area contributed by atoms with E-state index in [1.807, 2.05) is 6.92 Å². The van der Waals surface area contributed by atoms with Gasteiger partial charge in [-0.15, -0.1) is 0 Å². The lowest BCUT2D eigenvalue weighted by Gasteiger charge is -2.06. The molecule has 0 aliphatic rings. The molecule has 2 aromatic rings. The van der Waals surface area contributed by atoms with Gasteiger partial charge in [-0.2, -0.15) is 5.10 Å². The van der Waals surface area contributed by atoms with Crippen LogP contribution < -0.4 is 0 Å². The van der Waals surface area contributed by atoms with Crippen LogP contribution in [0.25, 0.3) is 5.69 Å². The number of aryl methyl sites for hydroxylation is 1. The van der Waals surface area contributed by atoms with Crippen molar-refractivity contribution in [3.05, 3.63) is 46.5 Å². The van der Waals surface area contributed by atoms with Crippen molar-refractivity contribution in [1.82, 2.24) is 9.78 Å². The molecule has 1 aromatic carbocycles. The van der Waals surface area contributed by atoms with Gasteiger partial charge in [-0.3, -0.25) is 0 Å². The summed E-state index contributed by atoms with van der Waals surface area (Å²) in [4.78, 5) is 10.9. The summed E-state index contributed by atoms with van der Waals surface area (Å²) in [7, 11) is 0. The van der Waals surface area contributed by atoms with Crippen LogP contribution in [0.3, 0.4) is 0 Å². The van der Waals surface area contributed by atoms with E-state index in [1.165, 1.54) is 28.9 Å². The van der Waals surface area contributed by atoms with Crippen molar-refractivity contribution in [2.75, 3.05) is 0 Å². The lowest BCUT2D eigenvalue weighted by atomic mass is 10.2. The van der Waals surface area contributed by atoms with Gasteiger partial charge in [-0.1, -0.05) is 18.5 Å². The highest BCUT2D eigenvalue weighted by atomic mass is 35.5. The molecule has 94 valence electrons. The first-order valence-corrected chi connectivity index (χ1v) is 5.67. The number of aromatic carboxylic acids is 1. The van der Waals surface area contributed by atoms with Crippen LogP contribution >= 0.6 is 11.6 Å². The topological polar surface area (TPSA) is 55.1 Å². The SMILES string of the molecule is CCc1cc(C(=O)O)nn1-c1cc(F)cc(Cl)c1. The molecule has 0 bridgehead atoms. The maximum Gasteiger partial charge on any atom is 0.356 e. The molecule has 0 aliphatic carbocycles. The van der Waals surface area contributed by atoms with Gasteiger partial charge in [-0.25, -0.2) is 13.9 Å². The van der Waals surface area contributed by atoms with Crippen LogP contribution in [-0.2, 0) is 6.42 Å². The van der Waals surface area contributed by atoms with Gasteiger partial charge < -0.3 is 5.11 Å². The normalized spacial score (nSPS) is 10.6. The van der Waals surface area contributed by atoms with Crippen molar-refractivity contribution in [1.29, 1.82) is 0 Å². The van der Waals surface area contributed by atoms with Crippen LogP contribution in [0.15, 0.2) is 24.3 Å². The molecule has 0 fully saturated rings. The molecule has 1 heterocycles. The van der Waals surface area contributed by atoms with E-state index in [-0.39, 0.29) is 10.7 Å². The third kappa shape index (κ3) is 2.36. The average Bonchev–Trinajstić information content (AvgIpc) is 2.71. The number of aromatic nitrogens is 2. The smallest absolute Gasteiger partial charge is 0.356 e. The first-order valence-electron chi connectivity index (χ1n) is 5.30. The van der Waals surface area contributed by atoms with Gasteiger partial charge >= 0.3 is 5.97 Å². The largest absolute Gasteiger partial charge is 0.476 e. The van der Waals surface area contributed by atoms with Crippen LogP contribution in [0.5, 0.6) is 0 Å². The van der Waals surface area contributed by atoms with Crippen molar-refractivity contribution < 1.29 is 14.3 Å². The summed E-state index contributed by atoms with van der Waals surface area (Å²) < 4.78 is 14.7. The molecule has 0 spiro atoms. The van der Waals surface area contributed by atoms with Crippen molar-refractivity contribution in [2.24, 2.45) is 0 Å². The van der Waals surface area contributed by atoms with Gasteiger partial charge in [0.25, 0.3) is 0 Å². The van der Waals surface area contributed by atoms with Crippen LogP contribution in [0.4, 0.5) is 4.39 Å². The highest BCUT2D eigenvalue weighted by molar-refractivity contribution is 6.30. The van der Waals surface area contributed by atoms with E-state index >= 15 is 0 Å². The second-order valence-electron chi connectivity index (χ2n) is 3.72. The van der Waals surface area contributed by atoms with Crippen LogP contribution in [0.1, 0.15) is 23.1 Å². The fourth-order valence-corrected chi connectivity index (χ4v) is 1.88. The second-order valence-corrected chi connectivity index (χ2v) is 4.16. The van der Waals surface area contributed by atoms with Crippen LogP contribution in [0, 0.1) is 5.82 Å². The van der Waals surface area contributed by atoms with Gasteiger partial charge in [0.2, 0.25) is 0 Å². The summed E-state index contributed by atoms with van der Waals surface area (Å²) in [6.45, 7) is 1.86. The Bertz CT molecular complexity index is 590. The molecule has 2 rings (SSSR count). The monoisotopic (exact) mass is 268 g/mol. The van der Waals surface area contributed by atoms with E-state index in [0.29, 0.717) is 17.8 Å². The minimum atomic E-state index is -1.12. The third-order valence-corrected chi connectivity index (χ3v) is 2.67. The van der Waals surface area contributed by atoms with Gasteiger partial charge in [0.1, 0.15) is 5.82 Å². The van der Waals surface area contributed by atoms with E-state index in [2.05, 4.69) is 5.10 Å². The van der Waals surface area contributed by atoms with Crippen LogP contribution in [0.2, 0.25) is 5.02 Å². The molecule has 4 nitrogen and oxygen atoms in total. The lowest BCUT2D eigenvalue weighted by molar-refractivity contribution is 0.0690. The molecular formula is C12H10ClFN2O2. The Morgan fingerprint density at radius 3 is 2.72 bits per heavy atom. The number of hydrogen-bond donors (Lipinski definition) is 1. The van der Waals surface area contributed by atoms with Gasteiger partial charge in [0.15, 0.2) is 5.69 Å². The fraction of sp³-hybridized carbons (Fsp3) is 0.167. The Labute approximate surface area is 108 Å². The molecule has 0 saturated heterocycles. The standard InChI is InChI=1S/C12H10ClFN2O2/c1-2-9-6-11(12(17)18)15-16(9)10-4-7(13)3-8(14)5-10/h3-6H,2H2,1H3,(H,17,18). The molecule has 0 saturated carbocycles. The lowest BCUT2D eigenvalue weighted by Crippen LogP contribution is -2.03. The first-order chi connectivity index (χ1) is 8.51. The minimum Gasteiger partial charge on any atom is -0.476 e. The Morgan fingerprint density at radius 1 is 1.44 bits per heavy atom. The Morgan fingerprint density at radius 2 is 2.17 bits per heavy atom. The number of benzene rings is 1. The van der Waals surface area contributed by atoms with Gasteiger partial charge in [0, 0.05) is 10.7 Å². The number of carboxylic acids is 1. The number of rotatable bonds is 3. The summed E-state index contributed by atoms with van der Waals surface area (Å²) in [6.07, 6.45) is 0.578. The number of hydrogen-bond acceptors (Lipinski definition) is 2. The molecule has 18 heavy (non-hydrogen) atoms. The summed E-state index contributed by atoms with van der Waals surface area (Å²) in [5.74, 6) is -1.61. The minimum absolute atomic E-state index is 0.0766. The Hall–Kier alpha value is -1.88. The molecule has 1 N–H and O–H groups in total. The van der Waals surface area contributed by atoms with E-state index in [9.17, 15) is 9.18 Å². The fourth-order valence-electron chi connectivity index (χ4n) is 1.66. The molecule has 0 atom stereocenters. The molecule has 0 unspecified atom stereocenters. The molecule has 0 aliphatic heterocycles. The zero-order chi connectivity index (χ0) is 13.3. The number of halogens is 2. The van der Waals surface area contributed by atoms with E-state index in [1.54, 1.807) is 0 Å². The molecule has 6 heteroatoms. The number of carbonyl (C=O) groups is 1. The molecule has 0 amide bonds. The zero-order valence-electron chi connectivity index (χ0n) is 9.52. The van der Waals surface area contributed by atoms with Gasteiger partial charge in [0.05, 0.1) is 5.69 Å². The zero-order valence-corrected chi connectivity index (χ0v) is 10.3. The van der Waals surface area contributed by atoms with E-state index in [0.717, 1.165) is 0 Å². The summed E-state index contributed by atoms with van der Waals surface area (Å²) in [5.41, 5.74) is 1.01. The van der Waals surface area contributed by atoms with Gasteiger partial charge in [-0.05, 0) is 30.7 Å². The predicted molar refractivity (Wildman–Crippen MR) is 64.9 cm³/mol. The maximum atomic E-state index is 13.3. The van der Waals surface area contributed by atoms with Crippen molar-refractivity contribution in [2.45, 2.75) is 13.3 Å². The first kappa shape index (κ1) is 12.6.